The third-order valence-corrected chi connectivity index (χ3v) is 3.88. The molecule has 0 saturated heterocycles. The van der Waals surface area contributed by atoms with Gasteiger partial charge in [0.25, 0.3) is 17.5 Å². The molecule has 2 heterocycles. The van der Waals surface area contributed by atoms with E-state index < -0.39 is 18.5 Å². The van der Waals surface area contributed by atoms with Crippen molar-refractivity contribution in [3.63, 3.8) is 0 Å². The van der Waals surface area contributed by atoms with Gasteiger partial charge in [-0.25, -0.2) is 14.3 Å². The van der Waals surface area contributed by atoms with Crippen molar-refractivity contribution < 1.29 is 23.8 Å². The van der Waals surface area contributed by atoms with E-state index in [4.69, 9.17) is 14.2 Å². The van der Waals surface area contributed by atoms with Crippen molar-refractivity contribution in [2.24, 2.45) is 0 Å². The molecule has 1 amide bonds. The number of fused-ring (bicyclic) bond motifs is 1. The lowest BCUT2D eigenvalue weighted by molar-refractivity contribution is -0.124. The number of nitrogens with zero attached hydrogens (tertiary/aromatic N) is 4. The predicted molar refractivity (Wildman–Crippen MR) is 97.2 cm³/mol. The van der Waals surface area contributed by atoms with Crippen LogP contribution in [0.1, 0.15) is 21.9 Å². The Morgan fingerprint density at radius 1 is 1.14 bits per heavy atom. The van der Waals surface area contributed by atoms with Crippen LogP contribution in [0.15, 0.2) is 30.5 Å². The number of esters is 1. The van der Waals surface area contributed by atoms with Gasteiger partial charge in [0.05, 0.1) is 14.2 Å². The zero-order valence-electron chi connectivity index (χ0n) is 15.6. The number of carbonyl (C=O) groups is 2. The van der Waals surface area contributed by atoms with Crippen molar-refractivity contribution in [2.45, 2.75) is 13.5 Å². The second-order valence-corrected chi connectivity index (χ2v) is 5.78. The number of aromatic nitrogens is 4. The number of benzene rings is 1. The highest BCUT2D eigenvalue weighted by Crippen LogP contribution is 2.27. The van der Waals surface area contributed by atoms with E-state index in [9.17, 15) is 9.59 Å². The Balaban J connectivity index is 1.53. The number of ether oxygens (including phenoxy) is 3. The minimum Gasteiger partial charge on any atom is -0.493 e. The molecule has 1 N–H and O–H groups in total. The molecule has 0 radical (unpaired) electrons. The second kappa shape index (κ2) is 8.33. The van der Waals surface area contributed by atoms with E-state index in [1.165, 1.54) is 11.6 Å². The number of aryl methyl sites for hydroxylation is 1. The van der Waals surface area contributed by atoms with Gasteiger partial charge >= 0.3 is 5.97 Å². The maximum atomic E-state index is 12.1. The van der Waals surface area contributed by atoms with E-state index in [0.29, 0.717) is 11.5 Å². The number of rotatable bonds is 7. The van der Waals surface area contributed by atoms with Crippen molar-refractivity contribution in [3.8, 4) is 11.5 Å². The summed E-state index contributed by atoms with van der Waals surface area (Å²) in [6.07, 6.45) is 1.57. The van der Waals surface area contributed by atoms with Crippen LogP contribution in [0.3, 0.4) is 0 Å². The van der Waals surface area contributed by atoms with E-state index in [1.807, 2.05) is 0 Å². The molecule has 0 aliphatic heterocycles. The number of hydrogen-bond donors (Lipinski definition) is 1. The third-order valence-electron chi connectivity index (χ3n) is 3.88. The summed E-state index contributed by atoms with van der Waals surface area (Å²) in [4.78, 5) is 32.0. The lowest BCUT2D eigenvalue weighted by Gasteiger charge is -2.10. The van der Waals surface area contributed by atoms with Gasteiger partial charge in [-0.2, -0.15) is 4.98 Å². The Morgan fingerprint density at radius 2 is 1.93 bits per heavy atom. The summed E-state index contributed by atoms with van der Waals surface area (Å²) < 4.78 is 16.8. The number of amides is 1. The first-order valence-electron chi connectivity index (χ1n) is 8.35. The lowest BCUT2D eigenvalue weighted by Crippen LogP contribution is -2.28. The molecule has 0 unspecified atom stereocenters. The molecule has 10 heteroatoms. The summed E-state index contributed by atoms with van der Waals surface area (Å²) in [6.45, 7) is 1.60. The van der Waals surface area contributed by atoms with Crippen LogP contribution in [0.4, 0.5) is 0 Å². The summed E-state index contributed by atoms with van der Waals surface area (Å²) in [5, 5.41) is 6.69. The Hall–Kier alpha value is -3.69. The molecular formula is C18H19N5O5. The van der Waals surface area contributed by atoms with Crippen LogP contribution in [0.5, 0.6) is 11.5 Å². The normalized spacial score (nSPS) is 10.5. The molecule has 0 spiro atoms. The fraction of sp³-hybridized carbons (Fsp3) is 0.278. The second-order valence-electron chi connectivity index (χ2n) is 5.78. The number of methoxy groups -OCH3 is 2. The molecule has 0 aliphatic rings. The minimum atomic E-state index is -0.800. The molecule has 3 aromatic rings. The fourth-order valence-electron chi connectivity index (χ4n) is 2.43. The Bertz CT molecular complexity index is 1020. The first kappa shape index (κ1) is 19.1. The van der Waals surface area contributed by atoms with Crippen LogP contribution in [0, 0.1) is 6.92 Å². The van der Waals surface area contributed by atoms with Crippen LogP contribution >= 0.6 is 0 Å². The summed E-state index contributed by atoms with van der Waals surface area (Å²) >= 11 is 0. The molecule has 2 aromatic heterocycles. The topological polar surface area (TPSA) is 117 Å². The monoisotopic (exact) mass is 385 g/mol. The average molecular weight is 385 g/mol. The summed E-state index contributed by atoms with van der Waals surface area (Å²) in [7, 11) is 3.08. The fourth-order valence-corrected chi connectivity index (χ4v) is 2.43. The van der Waals surface area contributed by atoms with Gasteiger partial charge in [0.15, 0.2) is 18.1 Å². The number of carbonyl (C=O) groups excluding carboxylic acids is 2. The molecule has 0 fully saturated rings. The van der Waals surface area contributed by atoms with Gasteiger partial charge in [0, 0.05) is 18.4 Å². The van der Waals surface area contributed by atoms with E-state index in [2.05, 4.69) is 20.4 Å². The molecular weight excluding hydrogens is 366 g/mol. The zero-order chi connectivity index (χ0) is 20.1. The van der Waals surface area contributed by atoms with E-state index in [0.717, 1.165) is 11.3 Å². The molecule has 0 atom stereocenters. The van der Waals surface area contributed by atoms with Gasteiger partial charge in [0.1, 0.15) is 0 Å². The Kier molecular flexibility index (Phi) is 5.68. The summed E-state index contributed by atoms with van der Waals surface area (Å²) in [5.74, 6) is 0.0189. The molecule has 3 rings (SSSR count). The van der Waals surface area contributed by atoms with Crippen LogP contribution in [0.25, 0.3) is 5.78 Å². The standard InChI is InChI=1S/C18H19N5O5/c1-11-6-7-19-18-21-16(22-23(11)18)17(25)28-10-15(24)20-9-12-4-5-13(26-2)14(8-12)27-3/h4-8H,9-10H2,1-3H3,(H,20,24). The van der Waals surface area contributed by atoms with Crippen molar-refractivity contribution >= 4 is 17.7 Å². The van der Waals surface area contributed by atoms with E-state index in [1.54, 1.807) is 44.5 Å². The van der Waals surface area contributed by atoms with E-state index in [-0.39, 0.29) is 18.1 Å². The van der Waals surface area contributed by atoms with Crippen LogP contribution in [-0.4, -0.2) is 52.3 Å². The van der Waals surface area contributed by atoms with Crippen LogP contribution in [0.2, 0.25) is 0 Å². The molecule has 0 aliphatic carbocycles. The van der Waals surface area contributed by atoms with Gasteiger partial charge in [0.2, 0.25) is 0 Å². The predicted octanol–water partition coefficient (Wildman–Crippen LogP) is 0.923. The highest BCUT2D eigenvalue weighted by atomic mass is 16.5. The largest absolute Gasteiger partial charge is 0.493 e. The molecule has 10 nitrogen and oxygen atoms in total. The van der Waals surface area contributed by atoms with Crippen LogP contribution < -0.4 is 14.8 Å². The SMILES string of the molecule is COc1ccc(CNC(=O)COC(=O)c2nc3nccc(C)n3n2)cc1OC. The van der Waals surface area contributed by atoms with Crippen molar-refractivity contribution in [2.75, 3.05) is 20.8 Å². The van der Waals surface area contributed by atoms with Crippen molar-refractivity contribution in [3.05, 3.63) is 47.5 Å². The van der Waals surface area contributed by atoms with Crippen LogP contribution in [-0.2, 0) is 16.1 Å². The highest BCUT2D eigenvalue weighted by Gasteiger charge is 2.17. The molecule has 0 bridgehead atoms. The lowest BCUT2D eigenvalue weighted by atomic mass is 10.2. The number of hydrogen-bond acceptors (Lipinski definition) is 8. The molecule has 28 heavy (non-hydrogen) atoms. The summed E-state index contributed by atoms with van der Waals surface area (Å²) in [6, 6.07) is 7.02. The summed E-state index contributed by atoms with van der Waals surface area (Å²) in [5.41, 5.74) is 1.57. The minimum absolute atomic E-state index is 0.158. The zero-order valence-corrected chi connectivity index (χ0v) is 15.6. The van der Waals surface area contributed by atoms with Crippen molar-refractivity contribution in [1.82, 2.24) is 24.9 Å². The van der Waals surface area contributed by atoms with Gasteiger partial charge in [-0.05, 0) is 30.7 Å². The Morgan fingerprint density at radius 3 is 2.64 bits per heavy atom. The van der Waals surface area contributed by atoms with Gasteiger partial charge in [-0.3, -0.25) is 4.79 Å². The van der Waals surface area contributed by atoms with Gasteiger partial charge in [-0.1, -0.05) is 6.07 Å². The quantitative estimate of drug-likeness (QED) is 0.597. The Labute approximate surface area is 160 Å². The highest BCUT2D eigenvalue weighted by molar-refractivity contribution is 5.88. The average Bonchev–Trinajstić information content (AvgIpc) is 3.16. The molecule has 146 valence electrons. The maximum absolute atomic E-state index is 12.1. The molecule has 0 saturated carbocycles. The smallest absolute Gasteiger partial charge is 0.378 e. The van der Waals surface area contributed by atoms with Gasteiger partial charge in [-0.15, -0.1) is 5.10 Å². The van der Waals surface area contributed by atoms with Gasteiger partial charge < -0.3 is 19.5 Å². The first-order chi connectivity index (χ1) is 13.5. The number of nitrogens with one attached hydrogen (secondary N) is 1. The maximum Gasteiger partial charge on any atom is 0.378 e. The molecule has 1 aromatic carbocycles. The van der Waals surface area contributed by atoms with Crippen molar-refractivity contribution in [1.29, 1.82) is 0 Å². The van der Waals surface area contributed by atoms with E-state index >= 15 is 0 Å². The third kappa shape index (κ3) is 4.17. The first-order valence-corrected chi connectivity index (χ1v) is 8.35.